The molecule has 3 unspecified atom stereocenters. The summed E-state index contributed by atoms with van der Waals surface area (Å²) < 4.78 is 10.8. The Balaban J connectivity index is 0.000000192. The molecule has 0 radical (unpaired) electrons. The van der Waals surface area contributed by atoms with E-state index in [0.29, 0.717) is 28.2 Å². The molecule has 4 saturated carbocycles. The minimum absolute atomic E-state index is 0.109. The third-order valence-corrected chi connectivity index (χ3v) is 11.0. The highest BCUT2D eigenvalue weighted by molar-refractivity contribution is 6.02. The second-order valence-corrected chi connectivity index (χ2v) is 15.1. The first-order valence-corrected chi connectivity index (χ1v) is 15.9. The van der Waals surface area contributed by atoms with Gasteiger partial charge < -0.3 is 15.2 Å². The molecule has 222 valence electrons. The Morgan fingerprint density at radius 2 is 1.54 bits per heavy atom. The number of hydrogen-bond acceptors (Lipinski definition) is 5. The van der Waals surface area contributed by atoms with Crippen LogP contribution in [0.25, 0.3) is 0 Å². The van der Waals surface area contributed by atoms with Gasteiger partial charge >= 0.3 is 0 Å². The van der Waals surface area contributed by atoms with Crippen LogP contribution in [0.2, 0.25) is 0 Å². The lowest BCUT2D eigenvalue weighted by Gasteiger charge is -2.64. The molecule has 1 saturated heterocycles. The number of nitrogens with zero attached hydrogens (tertiary/aromatic N) is 1. The first kappa shape index (κ1) is 28.7. The molecule has 4 bridgehead atoms. The molecule has 0 amide bonds. The quantitative estimate of drug-likeness (QED) is 0.411. The summed E-state index contributed by atoms with van der Waals surface area (Å²) in [6.07, 6.45) is 12.5. The third-order valence-electron chi connectivity index (χ3n) is 11.0. The van der Waals surface area contributed by atoms with E-state index in [9.17, 15) is 4.79 Å². The van der Waals surface area contributed by atoms with Crippen molar-refractivity contribution < 1.29 is 14.3 Å². The molecule has 8 rings (SSSR count). The highest BCUT2D eigenvalue weighted by Crippen LogP contribution is 2.65. The van der Waals surface area contributed by atoms with Gasteiger partial charge in [0, 0.05) is 23.6 Å². The van der Waals surface area contributed by atoms with Crippen molar-refractivity contribution in [1.82, 2.24) is 4.90 Å². The number of likely N-dealkylation sites (tertiary alicyclic amines) is 1. The molecule has 2 N–H and O–H groups in total. The smallest absolute Gasteiger partial charge is 0.166 e. The molecule has 5 aliphatic carbocycles. The predicted molar refractivity (Wildman–Crippen MR) is 164 cm³/mol. The fourth-order valence-corrected chi connectivity index (χ4v) is 10.2. The van der Waals surface area contributed by atoms with Crippen LogP contribution in [0.5, 0.6) is 11.5 Å². The van der Waals surface area contributed by atoms with E-state index < -0.39 is 0 Å². The maximum Gasteiger partial charge on any atom is 0.166 e. The second-order valence-electron chi connectivity index (χ2n) is 15.1. The first-order valence-electron chi connectivity index (χ1n) is 15.9. The first-order chi connectivity index (χ1) is 19.6. The zero-order chi connectivity index (χ0) is 28.8. The van der Waals surface area contributed by atoms with Gasteiger partial charge in [-0.1, -0.05) is 44.2 Å². The molecule has 1 aliphatic heterocycles. The molecule has 5 heteroatoms. The van der Waals surface area contributed by atoms with E-state index in [1.807, 2.05) is 12.1 Å². The van der Waals surface area contributed by atoms with Gasteiger partial charge in [0.15, 0.2) is 17.3 Å². The van der Waals surface area contributed by atoms with Gasteiger partial charge in [0.1, 0.15) is 0 Å². The number of Topliss-reactive ketones (excluding diaryl/α,β-unsaturated/α-hetero) is 1. The summed E-state index contributed by atoms with van der Waals surface area (Å²) >= 11 is 0. The van der Waals surface area contributed by atoms with E-state index in [1.165, 1.54) is 56.9 Å². The van der Waals surface area contributed by atoms with Crippen molar-refractivity contribution in [3.05, 3.63) is 59.2 Å². The Hall–Kier alpha value is -2.37. The summed E-state index contributed by atoms with van der Waals surface area (Å²) in [5, 5.41) is 0. The number of hydrogen-bond donors (Lipinski definition) is 1. The van der Waals surface area contributed by atoms with Gasteiger partial charge in [-0.25, -0.2) is 0 Å². The summed E-state index contributed by atoms with van der Waals surface area (Å²) in [4.78, 5) is 15.5. The Labute approximate surface area is 247 Å². The Kier molecular flexibility index (Phi) is 7.74. The van der Waals surface area contributed by atoms with Crippen molar-refractivity contribution in [1.29, 1.82) is 0 Å². The van der Waals surface area contributed by atoms with Gasteiger partial charge in [-0.3, -0.25) is 9.69 Å². The maximum absolute atomic E-state index is 12.9. The summed E-state index contributed by atoms with van der Waals surface area (Å²) in [5.41, 5.74) is 11.2. The topological polar surface area (TPSA) is 64.8 Å². The number of rotatable bonds is 6. The van der Waals surface area contributed by atoms with Crippen molar-refractivity contribution in [2.24, 2.45) is 34.3 Å². The van der Waals surface area contributed by atoms with Gasteiger partial charge in [-0.15, -0.1) is 0 Å². The van der Waals surface area contributed by atoms with Crippen molar-refractivity contribution in [3.8, 4) is 11.5 Å². The van der Waals surface area contributed by atoms with E-state index >= 15 is 0 Å². The normalized spacial score (nSPS) is 34.2. The average Bonchev–Trinajstić information content (AvgIpc) is 3.21. The van der Waals surface area contributed by atoms with E-state index in [1.54, 1.807) is 14.2 Å². The van der Waals surface area contributed by atoms with Crippen LogP contribution < -0.4 is 15.2 Å². The number of piperidine rings is 1. The molecule has 6 aliphatic rings. The van der Waals surface area contributed by atoms with Crippen LogP contribution in [-0.2, 0) is 13.0 Å². The molecule has 5 fully saturated rings. The van der Waals surface area contributed by atoms with Gasteiger partial charge in [-0.2, -0.15) is 0 Å². The van der Waals surface area contributed by atoms with Crippen LogP contribution in [0.4, 0.5) is 0 Å². The van der Waals surface area contributed by atoms with Crippen LogP contribution in [0.1, 0.15) is 93.1 Å². The van der Waals surface area contributed by atoms with Gasteiger partial charge in [-0.05, 0) is 123 Å². The van der Waals surface area contributed by atoms with E-state index in [4.69, 9.17) is 15.2 Å². The minimum atomic E-state index is 0.109. The van der Waals surface area contributed by atoms with Crippen LogP contribution in [0.15, 0.2) is 42.5 Å². The fourth-order valence-electron chi connectivity index (χ4n) is 10.2. The van der Waals surface area contributed by atoms with Gasteiger partial charge in [0.2, 0.25) is 0 Å². The van der Waals surface area contributed by atoms with Crippen molar-refractivity contribution in [2.75, 3.05) is 27.3 Å². The lowest BCUT2D eigenvalue weighted by atomic mass is 9.43. The van der Waals surface area contributed by atoms with Crippen molar-refractivity contribution in [2.45, 2.75) is 90.1 Å². The largest absolute Gasteiger partial charge is 0.493 e. The monoisotopic (exact) mass is 558 g/mol. The summed E-state index contributed by atoms with van der Waals surface area (Å²) in [7, 11) is 3.26. The standard InChI is InChI=1S/C24H29NO3.C12H21N/c1-27-22-14-19-13-20(24(26)21(19)15-23(22)28-2)12-17-8-10-25(11-9-17)16-18-6-4-3-5-7-18;1-10-3-9-4-11(2,6-10)8-12(13,5-9)7-10/h3-7,14-15,17,20H,8-13,16H2,1-2H3;9H,3-8,13H2,1-2H3/t;9?,10-,11+,12?. The van der Waals surface area contributed by atoms with Gasteiger partial charge in [0.05, 0.1) is 14.2 Å². The summed E-state index contributed by atoms with van der Waals surface area (Å²) in [6, 6.07) is 14.5. The number of carbonyl (C=O) groups excluding carboxylic acids is 1. The number of nitrogens with two attached hydrogens (primary N) is 1. The lowest BCUT2D eigenvalue weighted by Crippen LogP contribution is -2.62. The highest BCUT2D eigenvalue weighted by atomic mass is 16.5. The number of ketones is 1. The number of carbonyl (C=O) groups is 1. The van der Waals surface area contributed by atoms with E-state index in [-0.39, 0.29) is 17.2 Å². The predicted octanol–water partition coefficient (Wildman–Crippen LogP) is 7.06. The molecule has 0 aromatic heterocycles. The number of fused-ring (bicyclic) bond motifs is 1. The minimum Gasteiger partial charge on any atom is -0.493 e. The highest BCUT2D eigenvalue weighted by Gasteiger charge is 2.58. The zero-order valence-corrected chi connectivity index (χ0v) is 25.7. The van der Waals surface area contributed by atoms with Crippen LogP contribution in [-0.4, -0.2) is 43.5 Å². The SMILES string of the molecule is COc1cc2c(cc1OC)C(=O)C(CC1CCN(Cc3ccccc3)CC1)C2.C[C@]12CC3CC(N)(C1)C[C@@](C)(C3)C2. The molecule has 5 atom stereocenters. The average molecular weight is 559 g/mol. The Morgan fingerprint density at radius 1 is 0.902 bits per heavy atom. The van der Waals surface area contributed by atoms with Crippen LogP contribution in [0.3, 0.4) is 0 Å². The van der Waals surface area contributed by atoms with Gasteiger partial charge in [0.25, 0.3) is 0 Å². The van der Waals surface area contributed by atoms with E-state index in [2.05, 4.69) is 49.1 Å². The molecule has 2 aromatic rings. The number of methoxy groups -OCH3 is 2. The van der Waals surface area contributed by atoms with Crippen molar-refractivity contribution >= 4 is 5.78 Å². The summed E-state index contributed by atoms with van der Waals surface area (Å²) in [5.74, 6) is 3.34. The van der Waals surface area contributed by atoms with Crippen LogP contribution in [0, 0.1) is 28.6 Å². The molecular weight excluding hydrogens is 508 g/mol. The fraction of sp³-hybridized carbons (Fsp3) is 0.639. The van der Waals surface area contributed by atoms with Crippen molar-refractivity contribution in [3.63, 3.8) is 0 Å². The maximum atomic E-state index is 12.9. The molecule has 1 heterocycles. The zero-order valence-electron chi connectivity index (χ0n) is 25.7. The number of ether oxygens (including phenoxy) is 2. The number of benzene rings is 2. The van der Waals surface area contributed by atoms with E-state index in [0.717, 1.165) is 49.5 Å². The molecule has 41 heavy (non-hydrogen) atoms. The Bertz CT molecular complexity index is 1200. The van der Waals surface area contributed by atoms with Crippen LogP contribution >= 0.6 is 0 Å². The Morgan fingerprint density at radius 3 is 2.12 bits per heavy atom. The second kappa shape index (κ2) is 11.0. The molecule has 0 spiro atoms. The molecule has 5 nitrogen and oxygen atoms in total. The summed E-state index contributed by atoms with van der Waals surface area (Å²) in [6.45, 7) is 8.21. The molecular formula is C36H50N2O3. The molecule has 2 aromatic carbocycles. The third kappa shape index (κ3) is 6.08. The lowest BCUT2D eigenvalue weighted by molar-refractivity contribution is -0.104.